The second-order valence-corrected chi connectivity index (χ2v) is 6.24. The molecule has 2 saturated carbocycles. The van der Waals surface area contributed by atoms with E-state index in [9.17, 15) is 5.11 Å². The zero-order valence-corrected chi connectivity index (χ0v) is 10.9. The van der Waals surface area contributed by atoms with Gasteiger partial charge >= 0.3 is 0 Å². The zero-order chi connectivity index (χ0) is 11.7. The van der Waals surface area contributed by atoms with Crippen LogP contribution in [0.3, 0.4) is 0 Å². The van der Waals surface area contributed by atoms with Gasteiger partial charge in [-0.2, -0.15) is 0 Å². The standard InChI is InChI=1S/C14H26N2O/c17-14-5-3-13(4-6-14)16-9-7-15(8-10-16)11-12-1-2-12/h12-14,17H,1-11H2. The number of hydrogen-bond acceptors (Lipinski definition) is 3. The van der Waals surface area contributed by atoms with Crippen molar-refractivity contribution in [1.29, 1.82) is 0 Å². The number of nitrogens with zero attached hydrogens (tertiary/aromatic N) is 2. The monoisotopic (exact) mass is 238 g/mol. The van der Waals surface area contributed by atoms with E-state index >= 15 is 0 Å². The highest BCUT2D eigenvalue weighted by Gasteiger charge is 2.30. The Labute approximate surface area is 105 Å². The third kappa shape index (κ3) is 3.21. The minimum atomic E-state index is -0.0117. The van der Waals surface area contributed by atoms with Gasteiger partial charge in [-0.25, -0.2) is 0 Å². The Kier molecular flexibility index (Phi) is 3.69. The molecule has 0 amide bonds. The van der Waals surface area contributed by atoms with Crippen LogP contribution in [0.2, 0.25) is 0 Å². The fraction of sp³-hybridized carbons (Fsp3) is 1.00. The van der Waals surface area contributed by atoms with Gasteiger partial charge in [0, 0.05) is 38.8 Å². The first-order chi connectivity index (χ1) is 8.31. The average Bonchev–Trinajstić information content (AvgIpc) is 3.15. The summed E-state index contributed by atoms with van der Waals surface area (Å²) in [6.07, 6.45) is 7.40. The van der Waals surface area contributed by atoms with Crippen molar-refractivity contribution in [3.8, 4) is 0 Å². The van der Waals surface area contributed by atoms with Crippen LogP contribution < -0.4 is 0 Å². The zero-order valence-electron chi connectivity index (χ0n) is 10.9. The second kappa shape index (κ2) is 5.25. The lowest BCUT2D eigenvalue weighted by Crippen LogP contribution is -2.51. The van der Waals surface area contributed by atoms with Crippen molar-refractivity contribution >= 4 is 0 Å². The molecule has 3 fully saturated rings. The lowest BCUT2D eigenvalue weighted by atomic mass is 9.91. The van der Waals surface area contributed by atoms with Crippen molar-refractivity contribution in [1.82, 2.24) is 9.80 Å². The maximum Gasteiger partial charge on any atom is 0.0541 e. The summed E-state index contributed by atoms with van der Waals surface area (Å²) in [6.45, 7) is 6.42. The highest BCUT2D eigenvalue weighted by atomic mass is 16.3. The molecule has 0 spiro atoms. The predicted molar refractivity (Wildman–Crippen MR) is 69.0 cm³/mol. The highest BCUT2D eigenvalue weighted by Crippen LogP contribution is 2.30. The average molecular weight is 238 g/mol. The summed E-state index contributed by atoms with van der Waals surface area (Å²) in [6, 6.07) is 0.765. The van der Waals surface area contributed by atoms with Gasteiger partial charge in [0.2, 0.25) is 0 Å². The van der Waals surface area contributed by atoms with E-state index in [1.54, 1.807) is 0 Å². The van der Waals surface area contributed by atoms with Crippen LogP contribution in [-0.2, 0) is 0 Å². The van der Waals surface area contributed by atoms with E-state index in [1.165, 1.54) is 58.4 Å². The first-order valence-corrected chi connectivity index (χ1v) is 7.46. The summed E-state index contributed by atoms with van der Waals surface area (Å²) >= 11 is 0. The summed E-state index contributed by atoms with van der Waals surface area (Å²) in [7, 11) is 0. The molecule has 3 rings (SSSR count). The van der Waals surface area contributed by atoms with Gasteiger partial charge in [0.25, 0.3) is 0 Å². The largest absolute Gasteiger partial charge is 0.393 e. The summed E-state index contributed by atoms with van der Waals surface area (Å²) in [4.78, 5) is 5.33. The first kappa shape index (κ1) is 11.9. The van der Waals surface area contributed by atoms with Crippen LogP contribution in [0.25, 0.3) is 0 Å². The molecule has 17 heavy (non-hydrogen) atoms. The molecule has 0 unspecified atom stereocenters. The molecular weight excluding hydrogens is 212 g/mol. The topological polar surface area (TPSA) is 26.7 Å². The van der Waals surface area contributed by atoms with Gasteiger partial charge in [-0.05, 0) is 44.4 Å². The van der Waals surface area contributed by atoms with Crippen molar-refractivity contribution in [2.75, 3.05) is 32.7 Å². The Balaban J connectivity index is 1.41. The van der Waals surface area contributed by atoms with E-state index in [-0.39, 0.29) is 6.10 Å². The van der Waals surface area contributed by atoms with Crippen molar-refractivity contribution in [3.05, 3.63) is 0 Å². The second-order valence-electron chi connectivity index (χ2n) is 6.24. The Hall–Kier alpha value is -0.120. The summed E-state index contributed by atoms with van der Waals surface area (Å²) in [5.41, 5.74) is 0. The molecule has 1 aliphatic heterocycles. The summed E-state index contributed by atoms with van der Waals surface area (Å²) in [5.74, 6) is 1.03. The molecule has 3 aliphatic rings. The Morgan fingerprint density at radius 2 is 1.47 bits per heavy atom. The third-order valence-corrected chi connectivity index (χ3v) is 4.80. The molecule has 1 saturated heterocycles. The van der Waals surface area contributed by atoms with Crippen LogP contribution in [0.4, 0.5) is 0 Å². The quantitative estimate of drug-likeness (QED) is 0.803. The van der Waals surface area contributed by atoms with Crippen LogP contribution in [-0.4, -0.2) is 59.8 Å². The molecule has 2 aliphatic carbocycles. The van der Waals surface area contributed by atoms with E-state index in [1.807, 2.05) is 0 Å². The smallest absolute Gasteiger partial charge is 0.0541 e. The maximum absolute atomic E-state index is 9.55. The number of piperazine rings is 1. The molecule has 98 valence electrons. The van der Waals surface area contributed by atoms with E-state index < -0.39 is 0 Å². The minimum Gasteiger partial charge on any atom is -0.393 e. The Bertz CT molecular complexity index is 239. The lowest BCUT2D eigenvalue weighted by Gasteiger charge is -2.41. The maximum atomic E-state index is 9.55. The van der Waals surface area contributed by atoms with Gasteiger partial charge in [-0.15, -0.1) is 0 Å². The van der Waals surface area contributed by atoms with Gasteiger partial charge in [-0.3, -0.25) is 4.90 Å². The molecule has 1 heterocycles. The molecule has 0 radical (unpaired) electrons. The first-order valence-electron chi connectivity index (χ1n) is 7.46. The molecule has 0 aromatic carbocycles. The van der Waals surface area contributed by atoms with Gasteiger partial charge in [0.15, 0.2) is 0 Å². The SMILES string of the molecule is OC1CCC(N2CCN(CC3CC3)CC2)CC1. The van der Waals surface area contributed by atoms with Crippen molar-refractivity contribution < 1.29 is 5.11 Å². The third-order valence-electron chi connectivity index (χ3n) is 4.80. The summed E-state index contributed by atoms with van der Waals surface area (Å²) in [5, 5.41) is 9.55. The molecule has 1 N–H and O–H groups in total. The molecule has 0 atom stereocenters. The van der Waals surface area contributed by atoms with Crippen molar-refractivity contribution in [2.24, 2.45) is 5.92 Å². The van der Waals surface area contributed by atoms with Crippen LogP contribution in [0.5, 0.6) is 0 Å². The number of aliphatic hydroxyl groups is 1. The Morgan fingerprint density at radius 1 is 0.824 bits per heavy atom. The number of rotatable bonds is 3. The van der Waals surface area contributed by atoms with E-state index in [0.29, 0.717) is 0 Å². The van der Waals surface area contributed by atoms with Gasteiger partial charge in [0.1, 0.15) is 0 Å². The number of aliphatic hydroxyl groups excluding tert-OH is 1. The summed E-state index contributed by atoms with van der Waals surface area (Å²) < 4.78 is 0. The van der Waals surface area contributed by atoms with Crippen molar-refractivity contribution in [2.45, 2.75) is 50.7 Å². The van der Waals surface area contributed by atoms with Gasteiger partial charge in [-0.1, -0.05) is 0 Å². The predicted octanol–water partition coefficient (Wildman–Crippen LogP) is 1.32. The van der Waals surface area contributed by atoms with Crippen LogP contribution in [0, 0.1) is 5.92 Å². The molecule has 0 aromatic rings. The Morgan fingerprint density at radius 3 is 2.06 bits per heavy atom. The fourth-order valence-electron chi connectivity index (χ4n) is 3.40. The number of hydrogen-bond donors (Lipinski definition) is 1. The van der Waals surface area contributed by atoms with Crippen molar-refractivity contribution in [3.63, 3.8) is 0 Å². The molecule has 0 bridgehead atoms. The molecule has 3 heteroatoms. The van der Waals surface area contributed by atoms with E-state index in [0.717, 1.165) is 24.8 Å². The molecule has 0 aromatic heterocycles. The van der Waals surface area contributed by atoms with Gasteiger partial charge < -0.3 is 10.0 Å². The van der Waals surface area contributed by atoms with Crippen LogP contribution >= 0.6 is 0 Å². The normalized spacial score (nSPS) is 37.2. The minimum absolute atomic E-state index is 0.0117. The van der Waals surface area contributed by atoms with E-state index in [4.69, 9.17) is 0 Å². The highest BCUT2D eigenvalue weighted by molar-refractivity contribution is 4.85. The van der Waals surface area contributed by atoms with Crippen LogP contribution in [0.1, 0.15) is 38.5 Å². The van der Waals surface area contributed by atoms with Crippen LogP contribution in [0.15, 0.2) is 0 Å². The van der Waals surface area contributed by atoms with E-state index in [2.05, 4.69) is 9.80 Å². The van der Waals surface area contributed by atoms with Gasteiger partial charge in [0.05, 0.1) is 6.10 Å². The molecule has 3 nitrogen and oxygen atoms in total. The fourth-order valence-corrected chi connectivity index (χ4v) is 3.40. The molecular formula is C14H26N2O. The lowest BCUT2D eigenvalue weighted by molar-refractivity contribution is 0.0431.